The van der Waals surface area contributed by atoms with E-state index in [1.165, 1.54) is 17.0 Å². The Morgan fingerprint density at radius 1 is 1.38 bits per heavy atom. The van der Waals surface area contributed by atoms with Crippen LogP contribution in [0.3, 0.4) is 0 Å². The van der Waals surface area contributed by atoms with Gasteiger partial charge in [-0.05, 0) is 44.7 Å². The van der Waals surface area contributed by atoms with Crippen molar-refractivity contribution in [2.45, 2.75) is 44.6 Å². The summed E-state index contributed by atoms with van der Waals surface area (Å²) in [5.74, 6) is -3.27. The minimum Gasteiger partial charge on any atom is -0.477 e. The van der Waals surface area contributed by atoms with Gasteiger partial charge in [-0.1, -0.05) is 0 Å². The molecule has 1 aromatic heterocycles. The minimum atomic E-state index is -2.70. The maximum atomic E-state index is 12.9. The van der Waals surface area contributed by atoms with Gasteiger partial charge in [0.2, 0.25) is 11.8 Å². The third-order valence-electron chi connectivity index (χ3n) is 4.29. The monoisotopic (exact) mass is 414 g/mol. The van der Waals surface area contributed by atoms with E-state index >= 15 is 0 Å². The second-order valence-electron chi connectivity index (χ2n) is 8.13. The van der Waals surface area contributed by atoms with Gasteiger partial charge in [0.25, 0.3) is 5.92 Å². The molecule has 29 heavy (non-hydrogen) atoms. The first-order chi connectivity index (χ1) is 13.4. The average molecular weight is 414 g/mol. The topological polar surface area (TPSA) is 118 Å². The highest BCUT2D eigenvalue weighted by Gasteiger charge is 2.45. The van der Waals surface area contributed by atoms with Crippen molar-refractivity contribution in [2.75, 3.05) is 31.6 Å². The molecule has 1 amide bonds. The van der Waals surface area contributed by atoms with Gasteiger partial charge in [0.05, 0.1) is 19.7 Å². The SMILES string of the molecule is CNC(=O)CC(C)(C)N.O=C(O)c1ccc(N2CC(F)(F)C2)c(OCC2CC2)n1. The lowest BCUT2D eigenvalue weighted by Gasteiger charge is -2.40. The molecule has 1 aliphatic heterocycles. The van der Waals surface area contributed by atoms with Crippen molar-refractivity contribution in [2.24, 2.45) is 11.7 Å². The van der Waals surface area contributed by atoms with E-state index in [2.05, 4.69) is 10.3 Å². The van der Waals surface area contributed by atoms with Crippen LogP contribution in [0, 0.1) is 5.92 Å². The number of carbonyl (C=O) groups is 2. The van der Waals surface area contributed by atoms with Crippen molar-refractivity contribution < 1.29 is 28.2 Å². The molecule has 2 heterocycles. The zero-order valence-electron chi connectivity index (χ0n) is 16.9. The first kappa shape index (κ1) is 22.8. The number of carboxylic acids is 1. The second-order valence-corrected chi connectivity index (χ2v) is 8.13. The number of amides is 1. The van der Waals surface area contributed by atoms with Crippen molar-refractivity contribution in [1.82, 2.24) is 10.3 Å². The van der Waals surface area contributed by atoms with E-state index in [1.807, 2.05) is 13.8 Å². The third kappa shape index (κ3) is 7.45. The summed E-state index contributed by atoms with van der Waals surface area (Å²) < 4.78 is 31.4. The molecule has 0 atom stereocenters. The predicted molar refractivity (Wildman–Crippen MR) is 104 cm³/mol. The highest BCUT2D eigenvalue weighted by Crippen LogP contribution is 2.37. The number of pyridine rings is 1. The quantitative estimate of drug-likeness (QED) is 0.623. The van der Waals surface area contributed by atoms with Crippen LogP contribution < -0.4 is 20.7 Å². The molecule has 0 bridgehead atoms. The second kappa shape index (κ2) is 8.89. The molecule has 0 aromatic carbocycles. The Morgan fingerprint density at radius 2 is 2.00 bits per heavy atom. The number of aromatic carboxylic acids is 1. The van der Waals surface area contributed by atoms with Crippen LogP contribution in [0.25, 0.3) is 0 Å². The zero-order chi connectivity index (χ0) is 21.8. The van der Waals surface area contributed by atoms with Gasteiger partial charge in [0.15, 0.2) is 5.69 Å². The van der Waals surface area contributed by atoms with Gasteiger partial charge in [0.1, 0.15) is 5.69 Å². The molecule has 1 aromatic rings. The van der Waals surface area contributed by atoms with Gasteiger partial charge >= 0.3 is 5.97 Å². The van der Waals surface area contributed by atoms with E-state index in [-0.39, 0.29) is 36.1 Å². The van der Waals surface area contributed by atoms with Crippen molar-refractivity contribution in [3.05, 3.63) is 17.8 Å². The Kier molecular flexibility index (Phi) is 6.99. The summed E-state index contributed by atoms with van der Waals surface area (Å²) in [6.45, 7) is 3.32. The molecule has 4 N–H and O–H groups in total. The molecule has 0 unspecified atom stereocenters. The van der Waals surface area contributed by atoms with E-state index in [9.17, 15) is 18.4 Å². The third-order valence-corrected chi connectivity index (χ3v) is 4.29. The lowest BCUT2D eigenvalue weighted by Crippen LogP contribution is -2.56. The molecule has 1 aliphatic carbocycles. The number of carboxylic acid groups (broad SMARTS) is 1. The van der Waals surface area contributed by atoms with Gasteiger partial charge in [0, 0.05) is 19.0 Å². The zero-order valence-corrected chi connectivity index (χ0v) is 16.9. The predicted octanol–water partition coefficient (Wildman–Crippen LogP) is 1.88. The number of anilines is 1. The van der Waals surface area contributed by atoms with Gasteiger partial charge in [-0.3, -0.25) is 4.79 Å². The van der Waals surface area contributed by atoms with Crippen molar-refractivity contribution in [3.63, 3.8) is 0 Å². The number of aromatic nitrogens is 1. The molecule has 0 radical (unpaired) electrons. The van der Waals surface area contributed by atoms with Crippen molar-refractivity contribution in [1.29, 1.82) is 0 Å². The van der Waals surface area contributed by atoms with Crippen LogP contribution in [0.1, 0.15) is 43.6 Å². The van der Waals surface area contributed by atoms with Gasteiger partial charge in [-0.15, -0.1) is 0 Å². The highest BCUT2D eigenvalue weighted by molar-refractivity contribution is 5.86. The van der Waals surface area contributed by atoms with Crippen molar-refractivity contribution >= 4 is 17.6 Å². The number of hydrogen-bond donors (Lipinski definition) is 3. The van der Waals surface area contributed by atoms with Gasteiger partial charge in [-0.2, -0.15) is 0 Å². The number of ether oxygens (including phenoxy) is 1. The summed E-state index contributed by atoms with van der Waals surface area (Å²) in [6, 6.07) is 2.78. The van der Waals surface area contributed by atoms with E-state index in [0.717, 1.165) is 12.8 Å². The highest BCUT2D eigenvalue weighted by atomic mass is 19.3. The average Bonchev–Trinajstić information content (AvgIpc) is 3.41. The summed E-state index contributed by atoms with van der Waals surface area (Å²) in [6.07, 6.45) is 2.54. The largest absolute Gasteiger partial charge is 0.477 e. The molecule has 2 fully saturated rings. The van der Waals surface area contributed by atoms with Crippen LogP contribution in [-0.4, -0.2) is 60.2 Å². The summed E-state index contributed by atoms with van der Waals surface area (Å²) in [4.78, 5) is 26.9. The fraction of sp³-hybridized carbons (Fsp3) is 0.632. The van der Waals surface area contributed by atoms with E-state index in [4.69, 9.17) is 15.6 Å². The summed E-state index contributed by atoms with van der Waals surface area (Å²) in [5, 5.41) is 11.4. The Morgan fingerprint density at radius 3 is 2.41 bits per heavy atom. The number of nitrogens with two attached hydrogens (primary N) is 1. The first-order valence-electron chi connectivity index (χ1n) is 9.39. The standard InChI is InChI=1S/C13H14F2N2O3.C6H14N2O/c14-13(15)6-17(7-13)10-4-3-9(12(18)19)16-11(10)20-5-8-1-2-8;1-6(2,7)4-5(9)8-3/h3-4,8H,1-2,5-7H2,(H,18,19);4,7H2,1-3H3,(H,8,9). The molecular weight excluding hydrogens is 386 g/mol. The number of carbonyl (C=O) groups excluding carboxylic acids is 1. The van der Waals surface area contributed by atoms with Crippen LogP contribution in [-0.2, 0) is 4.79 Å². The molecule has 1 saturated carbocycles. The summed E-state index contributed by atoms with van der Waals surface area (Å²) in [5.41, 5.74) is 5.45. The summed E-state index contributed by atoms with van der Waals surface area (Å²) in [7, 11) is 1.61. The number of nitrogens with zero attached hydrogens (tertiary/aromatic N) is 2. The maximum Gasteiger partial charge on any atom is 0.354 e. The van der Waals surface area contributed by atoms with Crippen molar-refractivity contribution in [3.8, 4) is 5.88 Å². The normalized spacial score (nSPS) is 17.5. The summed E-state index contributed by atoms with van der Waals surface area (Å²) >= 11 is 0. The molecule has 8 nitrogen and oxygen atoms in total. The molecule has 162 valence electrons. The van der Waals surface area contributed by atoms with Crippen LogP contribution in [0.5, 0.6) is 5.88 Å². The van der Waals surface area contributed by atoms with Crippen LogP contribution in [0.2, 0.25) is 0 Å². The lowest BCUT2D eigenvalue weighted by molar-refractivity contribution is -0.121. The maximum absolute atomic E-state index is 12.9. The molecule has 0 spiro atoms. The molecule has 3 rings (SSSR count). The molecule has 1 saturated heterocycles. The van der Waals surface area contributed by atoms with E-state index in [1.54, 1.807) is 7.05 Å². The van der Waals surface area contributed by atoms with E-state index in [0.29, 0.717) is 24.6 Å². The fourth-order valence-electron chi connectivity index (χ4n) is 2.57. The lowest BCUT2D eigenvalue weighted by atomic mass is 10.0. The number of nitrogens with one attached hydrogen (secondary N) is 1. The minimum absolute atomic E-state index is 0.0116. The van der Waals surface area contributed by atoms with Gasteiger partial charge in [-0.25, -0.2) is 18.6 Å². The number of alkyl halides is 2. The molecular formula is C19H28F2N4O4. The van der Waals surface area contributed by atoms with Crippen LogP contribution in [0.4, 0.5) is 14.5 Å². The Balaban J connectivity index is 0.000000284. The van der Waals surface area contributed by atoms with Gasteiger partial charge < -0.3 is 25.8 Å². The number of rotatable bonds is 7. The van der Waals surface area contributed by atoms with E-state index < -0.39 is 11.9 Å². The number of hydrogen-bond acceptors (Lipinski definition) is 6. The molecule has 10 heteroatoms. The first-order valence-corrected chi connectivity index (χ1v) is 9.39. The smallest absolute Gasteiger partial charge is 0.354 e. The molecule has 2 aliphatic rings. The van der Waals surface area contributed by atoms with Crippen LogP contribution in [0.15, 0.2) is 12.1 Å². The Hall–Kier alpha value is -2.49. The fourth-order valence-corrected chi connectivity index (χ4v) is 2.57. The Labute approximate surface area is 168 Å². The number of halogens is 2. The van der Waals surface area contributed by atoms with Crippen LogP contribution >= 0.6 is 0 Å². The Bertz CT molecular complexity index is 740.